The molecule has 2 saturated heterocycles. The van der Waals surface area contributed by atoms with Crippen LogP contribution < -0.4 is 26.2 Å². The zero-order valence-corrected chi connectivity index (χ0v) is 28.3. The van der Waals surface area contributed by atoms with Crippen molar-refractivity contribution in [2.45, 2.75) is 88.8 Å². The van der Waals surface area contributed by atoms with E-state index in [9.17, 15) is 9.59 Å². The fraction of sp³-hybridized carbons (Fsp3) is 0.514. The molecule has 3 fully saturated rings. The third-order valence-electron chi connectivity index (χ3n) is 10.8. The van der Waals surface area contributed by atoms with Crippen molar-refractivity contribution in [3.63, 3.8) is 0 Å². The van der Waals surface area contributed by atoms with Crippen LogP contribution in [0.2, 0.25) is 0 Å². The van der Waals surface area contributed by atoms with E-state index in [4.69, 9.17) is 10.7 Å². The molecule has 10 nitrogen and oxygen atoms in total. The van der Waals surface area contributed by atoms with Gasteiger partial charge in [-0.15, -0.1) is 0 Å². The first kappa shape index (κ1) is 32.7. The van der Waals surface area contributed by atoms with Gasteiger partial charge in [0.1, 0.15) is 5.82 Å². The maximum Gasteiger partial charge on any atom is 0.271 e. The number of carbonyl (C=O) groups excluding carboxylic acids is 2. The lowest BCUT2D eigenvalue weighted by Crippen LogP contribution is -2.54. The average molecular weight is 639 g/mol. The zero-order valence-electron chi connectivity index (χ0n) is 28.3. The van der Waals surface area contributed by atoms with Crippen LogP contribution in [0.5, 0.6) is 0 Å². The van der Waals surface area contributed by atoms with Gasteiger partial charge in [-0.25, -0.2) is 9.97 Å². The largest absolute Gasteiger partial charge is 0.378 e. The molecule has 0 bridgehead atoms. The van der Waals surface area contributed by atoms with Gasteiger partial charge < -0.3 is 31.1 Å². The number of rotatable bonds is 9. The molecule has 2 amide bonds. The Balaban J connectivity index is 1.13. The first-order chi connectivity index (χ1) is 22.6. The second-order valence-electron chi connectivity index (χ2n) is 14.1. The number of anilines is 4. The first-order valence-electron chi connectivity index (χ1n) is 17.2. The fourth-order valence-electron chi connectivity index (χ4n) is 7.64. The molecule has 1 aromatic heterocycles. The molecular weight excluding hydrogens is 588 g/mol. The molecule has 4 N–H and O–H groups in total. The Morgan fingerprint density at radius 1 is 0.936 bits per heavy atom. The Hall–Kier alpha value is -4.18. The van der Waals surface area contributed by atoms with E-state index in [1.807, 2.05) is 43.3 Å². The van der Waals surface area contributed by atoms with Gasteiger partial charge in [-0.1, -0.05) is 31.9 Å². The summed E-state index contributed by atoms with van der Waals surface area (Å²) in [6.45, 7) is 7.57. The Morgan fingerprint density at radius 2 is 1.62 bits per heavy atom. The van der Waals surface area contributed by atoms with Crippen LogP contribution in [0.1, 0.15) is 91.6 Å². The molecular formula is C37H50N8O2. The first-order valence-corrected chi connectivity index (χ1v) is 17.2. The highest BCUT2D eigenvalue weighted by molar-refractivity contribution is 5.96. The predicted molar refractivity (Wildman–Crippen MR) is 189 cm³/mol. The van der Waals surface area contributed by atoms with Crippen LogP contribution in [0, 0.1) is 0 Å². The van der Waals surface area contributed by atoms with Gasteiger partial charge in [0, 0.05) is 55.7 Å². The molecule has 47 heavy (non-hydrogen) atoms. The number of nitrogens with zero attached hydrogens (tertiary/aromatic N) is 5. The Morgan fingerprint density at radius 3 is 2.26 bits per heavy atom. The summed E-state index contributed by atoms with van der Waals surface area (Å²) in [6, 6.07) is 16.8. The van der Waals surface area contributed by atoms with Crippen molar-refractivity contribution in [1.29, 1.82) is 0 Å². The minimum Gasteiger partial charge on any atom is -0.378 e. The predicted octanol–water partition coefficient (Wildman–Crippen LogP) is 5.47. The van der Waals surface area contributed by atoms with Crippen molar-refractivity contribution in [2.24, 2.45) is 5.73 Å². The minimum atomic E-state index is -0.637. The van der Waals surface area contributed by atoms with Crippen molar-refractivity contribution in [2.75, 3.05) is 48.8 Å². The number of carbonyl (C=O) groups is 2. The number of nitrogens with two attached hydrogens (primary N) is 1. The highest BCUT2D eigenvalue weighted by Crippen LogP contribution is 2.38. The van der Waals surface area contributed by atoms with Crippen LogP contribution >= 0.6 is 0 Å². The SMILES string of the molecule is C[C@@H]1[C@H](NC(=O)c2ccc(N(C)C)cc2)CCCN1c1cnc(C(N)=O)c(Nc2ccc(C3(C)CCN(C4CCCC4)CC3)cc2)n1. The molecule has 0 unspecified atom stereocenters. The number of primary amides is 1. The zero-order chi connectivity index (χ0) is 33.1. The third kappa shape index (κ3) is 7.22. The smallest absolute Gasteiger partial charge is 0.271 e. The molecule has 2 atom stereocenters. The lowest BCUT2D eigenvalue weighted by Gasteiger charge is -2.42. The molecule has 0 spiro atoms. The van der Waals surface area contributed by atoms with Crippen molar-refractivity contribution < 1.29 is 9.59 Å². The van der Waals surface area contributed by atoms with Crippen LogP contribution in [0.4, 0.5) is 23.0 Å². The normalized spacial score (nSPS) is 21.7. The molecule has 0 radical (unpaired) electrons. The number of hydrogen-bond donors (Lipinski definition) is 3. The summed E-state index contributed by atoms with van der Waals surface area (Å²) < 4.78 is 0. The van der Waals surface area contributed by atoms with Crippen LogP contribution in [-0.4, -0.2) is 78.5 Å². The van der Waals surface area contributed by atoms with Gasteiger partial charge in [-0.05, 0) is 106 Å². The van der Waals surface area contributed by atoms with E-state index in [-0.39, 0.29) is 29.1 Å². The lowest BCUT2D eigenvalue weighted by atomic mass is 9.74. The highest BCUT2D eigenvalue weighted by Gasteiger charge is 2.35. The monoisotopic (exact) mass is 638 g/mol. The number of benzene rings is 2. The number of likely N-dealkylation sites (tertiary alicyclic amines) is 1. The maximum atomic E-state index is 13.1. The van der Waals surface area contributed by atoms with Crippen molar-refractivity contribution in [1.82, 2.24) is 20.2 Å². The molecule has 3 heterocycles. The van der Waals surface area contributed by atoms with Gasteiger partial charge in [0.05, 0.1) is 6.20 Å². The van der Waals surface area contributed by atoms with Gasteiger partial charge >= 0.3 is 0 Å². The van der Waals surface area contributed by atoms with E-state index in [2.05, 4.69) is 63.5 Å². The molecule has 3 aromatic rings. The number of hydrogen-bond acceptors (Lipinski definition) is 8. The summed E-state index contributed by atoms with van der Waals surface area (Å²) >= 11 is 0. The summed E-state index contributed by atoms with van der Waals surface area (Å²) in [5.74, 6) is 0.237. The van der Waals surface area contributed by atoms with Crippen molar-refractivity contribution in [3.05, 3.63) is 71.5 Å². The van der Waals surface area contributed by atoms with E-state index in [1.54, 1.807) is 6.20 Å². The molecule has 250 valence electrons. The van der Waals surface area contributed by atoms with Gasteiger partial charge in [-0.3, -0.25) is 9.59 Å². The Kier molecular flexibility index (Phi) is 9.68. The van der Waals surface area contributed by atoms with E-state index >= 15 is 0 Å². The topological polar surface area (TPSA) is 120 Å². The quantitative estimate of drug-likeness (QED) is 0.283. The lowest BCUT2D eigenvalue weighted by molar-refractivity contribution is 0.0923. The molecule has 10 heteroatoms. The highest BCUT2D eigenvalue weighted by atomic mass is 16.2. The molecule has 6 rings (SSSR count). The van der Waals surface area contributed by atoms with E-state index in [0.717, 1.165) is 62.7 Å². The second-order valence-corrected chi connectivity index (χ2v) is 14.1. The summed E-state index contributed by atoms with van der Waals surface area (Å²) in [4.78, 5) is 41.7. The molecule has 3 aliphatic rings. The summed E-state index contributed by atoms with van der Waals surface area (Å²) in [5.41, 5.74) is 9.82. The van der Waals surface area contributed by atoms with E-state index < -0.39 is 5.91 Å². The maximum absolute atomic E-state index is 13.1. The number of piperidine rings is 2. The summed E-state index contributed by atoms with van der Waals surface area (Å²) in [6.07, 6.45) is 11.1. The fourth-order valence-corrected chi connectivity index (χ4v) is 7.64. The van der Waals surface area contributed by atoms with Crippen molar-refractivity contribution in [3.8, 4) is 0 Å². The summed E-state index contributed by atoms with van der Waals surface area (Å²) in [5, 5.41) is 6.56. The van der Waals surface area contributed by atoms with Crippen LogP contribution in [0.3, 0.4) is 0 Å². The van der Waals surface area contributed by atoms with E-state index in [0.29, 0.717) is 17.2 Å². The van der Waals surface area contributed by atoms with Gasteiger partial charge in [0.15, 0.2) is 11.5 Å². The van der Waals surface area contributed by atoms with Crippen LogP contribution in [-0.2, 0) is 5.41 Å². The minimum absolute atomic E-state index is 0.0320. The standard InChI is InChI=1S/C37H50N8O2/c1-25-31(41-36(47)26-11-17-29(18-12-26)43(3)4)10-7-21-45(25)32-24-39-33(34(38)46)35(42-32)40-28-15-13-27(14-16-28)37(2)19-22-44(23-20-37)30-8-5-6-9-30/h11-18,24-25,30-31H,5-10,19-23H2,1-4H3,(H2,38,46)(H,40,42)(H,41,47)/t25-,31-/m1/s1. The van der Waals surface area contributed by atoms with Gasteiger partial charge in [0.25, 0.3) is 11.8 Å². The Labute approximate surface area is 279 Å². The van der Waals surface area contributed by atoms with Crippen molar-refractivity contribution >= 4 is 34.8 Å². The third-order valence-corrected chi connectivity index (χ3v) is 10.8. The van der Waals surface area contributed by atoms with Crippen LogP contribution in [0.25, 0.3) is 0 Å². The van der Waals surface area contributed by atoms with Gasteiger partial charge in [-0.2, -0.15) is 0 Å². The molecule has 2 aliphatic heterocycles. The molecule has 1 aliphatic carbocycles. The second kappa shape index (κ2) is 13.9. The number of amides is 2. The average Bonchev–Trinajstić information content (AvgIpc) is 3.61. The van der Waals surface area contributed by atoms with Gasteiger partial charge in [0.2, 0.25) is 0 Å². The van der Waals surface area contributed by atoms with Crippen LogP contribution in [0.15, 0.2) is 54.7 Å². The Bertz CT molecular complexity index is 1540. The molecule has 2 aromatic carbocycles. The number of nitrogens with one attached hydrogen (secondary N) is 2. The van der Waals surface area contributed by atoms with E-state index in [1.165, 1.54) is 31.2 Å². The summed E-state index contributed by atoms with van der Waals surface area (Å²) in [7, 11) is 3.95. The number of aromatic nitrogens is 2. The molecule has 1 saturated carbocycles.